The minimum atomic E-state index is 0.456. The molecule has 0 saturated heterocycles. The molecule has 21 heavy (non-hydrogen) atoms. The first kappa shape index (κ1) is 13.4. The summed E-state index contributed by atoms with van der Waals surface area (Å²) < 4.78 is 11.6. The van der Waals surface area contributed by atoms with E-state index in [0.717, 1.165) is 48.9 Å². The fourth-order valence-electron chi connectivity index (χ4n) is 4.70. The zero-order valence-corrected chi connectivity index (χ0v) is 12.8. The van der Waals surface area contributed by atoms with Crippen molar-refractivity contribution < 1.29 is 9.47 Å². The van der Waals surface area contributed by atoms with Crippen molar-refractivity contribution in [2.45, 2.75) is 38.1 Å². The molecule has 1 heterocycles. The van der Waals surface area contributed by atoms with Crippen LogP contribution in [-0.2, 0) is 0 Å². The van der Waals surface area contributed by atoms with E-state index in [1.54, 1.807) is 0 Å². The Kier molecular flexibility index (Phi) is 3.54. The standard InChI is InChI=1S/C18H25NO2/c1-19-18(15-10-12-3-4-13(15)9-12)14-5-6-16-17(11-14)21-8-2-7-20-16/h5-6,11-13,15,18-19H,2-4,7-10H2,1H3. The van der Waals surface area contributed by atoms with Crippen molar-refractivity contribution in [1.29, 1.82) is 0 Å². The molecule has 4 rings (SSSR count). The number of hydrogen-bond donors (Lipinski definition) is 1. The molecule has 3 aliphatic rings. The minimum absolute atomic E-state index is 0.456. The summed E-state index contributed by atoms with van der Waals surface area (Å²) in [5.74, 6) is 4.52. The molecule has 1 N–H and O–H groups in total. The smallest absolute Gasteiger partial charge is 0.161 e. The van der Waals surface area contributed by atoms with Crippen LogP contribution in [0.25, 0.3) is 0 Å². The SMILES string of the molecule is CNC(c1ccc2c(c1)OCCCO2)C1CC2CCC1C2. The monoisotopic (exact) mass is 287 g/mol. The molecule has 3 nitrogen and oxygen atoms in total. The lowest BCUT2D eigenvalue weighted by atomic mass is 9.80. The van der Waals surface area contributed by atoms with Gasteiger partial charge >= 0.3 is 0 Å². The van der Waals surface area contributed by atoms with Crippen LogP contribution in [0.5, 0.6) is 11.5 Å². The third kappa shape index (κ3) is 2.42. The Balaban J connectivity index is 1.60. The summed E-state index contributed by atoms with van der Waals surface area (Å²) in [5, 5.41) is 3.57. The van der Waals surface area contributed by atoms with Crippen molar-refractivity contribution >= 4 is 0 Å². The van der Waals surface area contributed by atoms with E-state index in [-0.39, 0.29) is 0 Å². The molecule has 4 unspecified atom stereocenters. The maximum atomic E-state index is 5.86. The Morgan fingerprint density at radius 3 is 2.67 bits per heavy atom. The molecule has 4 atom stereocenters. The summed E-state index contributed by atoms with van der Waals surface area (Å²) in [6.07, 6.45) is 6.70. The Morgan fingerprint density at radius 1 is 1.10 bits per heavy atom. The van der Waals surface area contributed by atoms with Gasteiger partial charge in [0.1, 0.15) is 0 Å². The molecular formula is C18H25NO2. The molecule has 1 aliphatic heterocycles. The summed E-state index contributed by atoms with van der Waals surface area (Å²) >= 11 is 0. The van der Waals surface area contributed by atoms with Crippen molar-refractivity contribution in [2.75, 3.05) is 20.3 Å². The number of benzene rings is 1. The van der Waals surface area contributed by atoms with Crippen molar-refractivity contribution in [3.05, 3.63) is 23.8 Å². The first-order valence-corrected chi connectivity index (χ1v) is 8.42. The number of ether oxygens (including phenoxy) is 2. The molecule has 2 saturated carbocycles. The van der Waals surface area contributed by atoms with E-state index in [1.165, 1.54) is 31.2 Å². The van der Waals surface area contributed by atoms with Crippen LogP contribution >= 0.6 is 0 Å². The van der Waals surface area contributed by atoms with Gasteiger partial charge in [-0.2, -0.15) is 0 Å². The van der Waals surface area contributed by atoms with Crippen molar-refractivity contribution in [1.82, 2.24) is 5.32 Å². The predicted molar refractivity (Wildman–Crippen MR) is 82.8 cm³/mol. The molecule has 1 aromatic carbocycles. The normalized spacial score (nSPS) is 32.0. The molecule has 3 heteroatoms. The van der Waals surface area contributed by atoms with Gasteiger partial charge in [0, 0.05) is 12.5 Å². The second-order valence-corrected chi connectivity index (χ2v) is 6.86. The number of fused-ring (bicyclic) bond motifs is 3. The van der Waals surface area contributed by atoms with E-state index in [2.05, 4.69) is 30.6 Å². The van der Waals surface area contributed by atoms with Gasteiger partial charge in [0.25, 0.3) is 0 Å². The van der Waals surface area contributed by atoms with Gasteiger partial charge in [-0.1, -0.05) is 12.5 Å². The summed E-state index contributed by atoms with van der Waals surface area (Å²) in [6, 6.07) is 6.97. The van der Waals surface area contributed by atoms with Crippen LogP contribution in [-0.4, -0.2) is 20.3 Å². The maximum absolute atomic E-state index is 5.86. The van der Waals surface area contributed by atoms with Gasteiger partial charge in [0.05, 0.1) is 13.2 Å². The first-order chi connectivity index (χ1) is 10.3. The third-order valence-corrected chi connectivity index (χ3v) is 5.66. The van der Waals surface area contributed by atoms with E-state index >= 15 is 0 Å². The average Bonchev–Trinajstić information content (AvgIpc) is 3.05. The quantitative estimate of drug-likeness (QED) is 0.922. The van der Waals surface area contributed by atoms with Crippen molar-refractivity contribution in [3.63, 3.8) is 0 Å². The van der Waals surface area contributed by atoms with Gasteiger partial charge < -0.3 is 14.8 Å². The summed E-state index contributed by atoms with van der Waals surface area (Å²) in [5.41, 5.74) is 1.36. The summed E-state index contributed by atoms with van der Waals surface area (Å²) in [6.45, 7) is 1.52. The maximum Gasteiger partial charge on any atom is 0.161 e. The number of hydrogen-bond acceptors (Lipinski definition) is 3. The molecule has 2 aliphatic carbocycles. The predicted octanol–water partition coefficient (Wildman–Crippen LogP) is 3.54. The van der Waals surface area contributed by atoms with Gasteiger partial charge in [0.15, 0.2) is 11.5 Å². The molecule has 2 fully saturated rings. The number of nitrogens with one attached hydrogen (secondary N) is 1. The Hall–Kier alpha value is -1.22. The zero-order chi connectivity index (χ0) is 14.2. The molecule has 2 bridgehead atoms. The van der Waals surface area contributed by atoms with E-state index in [9.17, 15) is 0 Å². The highest BCUT2D eigenvalue weighted by molar-refractivity contribution is 5.44. The molecule has 1 aromatic rings. The highest BCUT2D eigenvalue weighted by Gasteiger charge is 2.43. The van der Waals surface area contributed by atoms with Crippen LogP contribution in [0.2, 0.25) is 0 Å². The average molecular weight is 287 g/mol. The van der Waals surface area contributed by atoms with Crippen molar-refractivity contribution in [3.8, 4) is 11.5 Å². The van der Waals surface area contributed by atoms with Gasteiger partial charge in [-0.05, 0) is 61.8 Å². The summed E-state index contributed by atoms with van der Waals surface area (Å²) in [4.78, 5) is 0. The van der Waals surface area contributed by atoms with Crippen LogP contribution in [0.15, 0.2) is 18.2 Å². The van der Waals surface area contributed by atoms with Gasteiger partial charge in [0.2, 0.25) is 0 Å². The van der Waals surface area contributed by atoms with E-state index < -0.39 is 0 Å². The Morgan fingerprint density at radius 2 is 1.95 bits per heavy atom. The largest absolute Gasteiger partial charge is 0.490 e. The molecule has 0 radical (unpaired) electrons. The fourth-order valence-corrected chi connectivity index (χ4v) is 4.70. The lowest BCUT2D eigenvalue weighted by Gasteiger charge is -2.31. The van der Waals surface area contributed by atoms with Crippen LogP contribution in [0.3, 0.4) is 0 Å². The van der Waals surface area contributed by atoms with Gasteiger partial charge in [-0.15, -0.1) is 0 Å². The van der Waals surface area contributed by atoms with Crippen LogP contribution < -0.4 is 14.8 Å². The molecule has 114 valence electrons. The second-order valence-electron chi connectivity index (χ2n) is 6.86. The number of rotatable bonds is 3. The molecule has 0 amide bonds. The van der Waals surface area contributed by atoms with Crippen LogP contribution in [0, 0.1) is 17.8 Å². The highest BCUT2D eigenvalue weighted by atomic mass is 16.5. The zero-order valence-electron chi connectivity index (χ0n) is 12.8. The van der Waals surface area contributed by atoms with E-state index in [4.69, 9.17) is 9.47 Å². The minimum Gasteiger partial charge on any atom is -0.490 e. The fraction of sp³-hybridized carbons (Fsp3) is 0.667. The van der Waals surface area contributed by atoms with E-state index in [1.807, 2.05) is 0 Å². The Bertz CT molecular complexity index is 516. The van der Waals surface area contributed by atoms with Crippen molar-refractivity contribution in [2.24, 2.45) is 17.8 Å². The van der Waals surface area contributed by atoms with Crippen LogP contribution in [0.4, 0.5) is 0 Å². The topological polar surface area (TPSA) is 30.5 Å². The molecule has 0 aromatic heterocycles. The highest BCUT2D eigenvalue weighted by Crippen LogP contribution is 2.52. The Labute approximate surface area is 127 Å². The van der Waals surface area contributed by atoms with E-state index in [0.29, 0.717) is 6.04 Å². The van der Waals surface area contributed by atoms with Gasteiger partial charge in [-0.25, -0.2) is 0 Å². The summed E-state index contributed by atoms with van der Waals surface area (Å²) in [7, 11) is 2.10. The lowest BCUT2D eigenvalue weighted by Crippen LogP contribution is -2.29. The lowest BCUT2D eigenvalue weighted by molar-refractivity contribution is 0.258. The molecular weight excluding hydrogens is 262 g/mol. The first-order valence-electron chi connectivity index (χ1n) is 8.42. The third-order valence-electron chi connectivity index (χ3n) is 5.66. The second kappa shape index (κ2) is 5.53. The molecule has 0 spiro atoms. The van der Waals surface area contributed by atoms with Gasteiger partial charge in [-0.3, -0.25) is 0 Å². The van der Waals surface area contributed by atoms with Crippen LogP contribution in [0.1, 0.15) is 43.7 Å².